The van der Waals surface area contributed by atoms with Gasteiger partial charge in [-0.05, 0) is 122 Å². The molecule has 2 atom stereocenters. The average molecular weight is 595 g/mol. The molecule has 2 aliphatic rings. The fraction of sp³-hybridized carbons (Fsp3) is 0.351. The van der Waals surface area contributed by atoms with E-state index in [1.807, 2.05) is 37.3 Å². The molecule has 230 valence electrons. The van der Waals surface area contributed by atoms with Gasteiger partial charge in [0.2, 0.25) is 0 Å². The molecule has 2 heterocycles. The Balaban J connectivity index is 1.29. The van der Waals surface area contributed by atoms with E-state index in [1.165, 1.54) is 22.3 Å². The molecule has 0 aromatic heterocycles. The Bertz CT molecular complexity index is 1650. The number of ether oxygens (including phenoxy) is 2. The molecule has 3 N–H and O–H groups in total. The van der Waals surface area contributed by atoms with Crippen LogP contribution in [-0.2, 0) is 32.3 Å². The number of aliphatic hydroxyl groups is 1. The summed E-state index contributed by atoms with van der Waals surface area (Å²) >= 11 is 0. The van der Waals surface area contributed by atoms with Gasteiger partial charge < -0.3 is 24.8 Å². The van der Waals surface area contributed by atoms with Gasteiger partial charge in [0.1, 0.15) is 5.75 Å². The number of phenolic OH excluding ortho intramolecular Hbond substituents is 2. The van der Waals surface area contributed by atoms with E-state index < -0.39 is 0 Å². The number of methoxy groups -OCH3 is 1. The van der Waals surface area contributed by atoms with Crippen molar-refractivity contribution in [3.8, 4) is 28.7 Å². The van der Waals surface area contributed by atoms with Crippen LogP contribution in [0.3, 0.4) is 0 Å². The predicted molar refractivity (Wildman–Crippen MR) is 172 cm³/mol. The highest BCUT2D eigenvalue weighted by Gasteiger charge is 2.29. The number of benzene rings is 4. The summed E-state index contributed by atoms with van der Waals surface area (Å²) in [5.41, 5.74) is 8.89. The summed E-state index contributed by atoms with van der Waals surface area (Å²) in [6.07, 6.45) is 3.41. The molecule has 0 saturated carbocycles. The van der Waals surface area contributed by atoms with E-state index in [4.69, 9.17) is 9.47 Å². The minimum atomic E-state index is 0.0366. The molecule has 4 aromatic rings. The van der Waals surface area contributed by atoms with Crippen LogP contribution in [0.5, 0.6) is 28.7 Å². The number of fused-ring (bicyclic) bond motifs is 2. The lowest BCUT2D eigenvalue weighted by Gasteiger charge is -2.35. The summed E-state index contributed by atoms with van der Waals surface area (Å²) < 4.78 is 12.2. The van der Waals surface area contributed by atoms with Crippen LogP contribution in [0.2, 0.25) is 0 Å². The van der Waals surface area contributed by atoms with Crippen LogP contribution in [0.1, 0.15) is 56.6 Å². The Hall–Kier alpha value is -4.04. The van der Waals surface area contributed by atoms with Crippen molar-refractivity contribution in [2.45, 2.75) is 51.3 Å². The van der Waals surface area contributed by atoms with Gasteiger partial charge >= 0.3 is 0 Å². The Morgan fingerprint density at radius 1 is 0.682 bits per heavy atom. The molecule has 0 saturated heterocycles. The molecular formula is C37H42N2O5. The van der Waals surface area contributed by atoms with Crippen LogP contribution in [0, 0.1) is 6.92 Å². The highest BCUT2D eigenvalue weighted by Crippen LogP contribution is 2.43. The van der Waals surface area contributed by atoms with Crippen molar-refractivity contribution in [3.63, 3.8) is 0 Å². The molecule has 0 radical (unpaired) electrons. The van der Waals surface area contributed by atoms with Crippen LogP contribution in [0.25, 0.3) is 0 Å². The first-order chi connectivity index (χ1) is 21.2. The summed E-state index contributed by atoms with van der Waals surface area (Å²) in [7, 11) is 5.92. The van der Waals surface area contributed by atoms with Gasteiger partial charge in [0.15, 0.2) is 23.0 Å². The van der Waals surface area contributed by atoms with Crippen molar-refractivity contribution in [2.75, 3.05) is 34.3 Å². The summed E-state index contributed by atoms with van der Waals surface area (Å²) in [6.45, 7) is 3.86. The smallest absolute Gasteiger partial charge is 0.169 e. The fourth-order valence-corrected chi connectivity index (χ4v) is 6.71. The summed E-state index contributed by atoms with van der Waals surface area (Å²) in [6, 6.07) is 22.1. The molecule has 0 aliphatic carbocycles. The second-order valence-electron chi connectivity index (χ2n) is 12.3. The van der Waals surface area contributed by atoms with Gasteiger partial charge in [-0.2, -0.15) is 0 Å². The first kappa shape index (κ1) is 30.0. The van der Waals surface area contributed by atoms with Gasteiger partial charge in [-0.1, -0.05) is 36.4 Å². The molecule has 2 aliphatic heterocycles. The zero-order valence-electron chi connectivity index (χ0n) is 26.0. The molecule has 44 heavy (non-hydrogen) atoms. The minimum Gasteiger partial charge on any atom is -0.508 e. The largest absolute Gasteiger partial charge is 0.508 e. The Morgan fingerprint density at radius 3 is 1.93 bits per heavy atom. The van der Waals surface area contributed by atoms with Crippen LogP contribution in [0.4, 0.5) is 0 Å². The number of phenols is 2. The van der Waals surface area contributed by atoms with E-state index >= 15 is 0 Å². The second-order valence-corrected chi connectivity index (χ2v) is 12.3. The molecule has 0 amide bonds. The van der Waals surface area contributed by atoms with E-state index in [9.17, 15) is 15.3 Å². The molecule has 0 unspecified atom stereocenters. The number of aliphatic hydroxyl groups excluding tert-OH is 1. The second kappa shape index (κ2) is 12.5. The van der Waals surface area contributed by atoms with E-state index in [0.717, 1.165) is 54.6 Å². The molecule has 0 fully saturated rings. The molecule has 7 heteroatoms. The summed E-state index contributed by atoms with van der Waals surface area (Å²) in [4.78, 5) is 4.69. The van der Waals surface area contributed by atoms with Crippen LogP contribution in [0.15, 0.2) is 66.7 Å². The number of aromatic hydroxyl groups is 2. The third-order valence-corrected chi connectivity index (χ3v) is 9.44. The normalized spacial score (nSPS) is 18.5. The third-order valence-electron chi connectivity index (χ3n) is 9.44. The van der Waals surface area contributed by atoms with Gasteiger partial charge in [-0.15, -0.1) is 0 Å². The first-order valence-electron chi connectivity index (χ1n) is 15.4. The Morgan fingerprint density at radius 2 is 1.27 bits per heavy atom. The van der Waals surface area contributed by atoms with Crippen molar-refractivity contribution >= 4 is 0 Å². The highest BCUT2D eigenvalue weighted by atomic mass is 16.5. The van der Waals surface area contributed by atoms with Crippen LogP contribution < -0.4 is 9.47 Å². The van der Waals surface area contributed by atoms with Crippen molar-refractivity contribution in [1.29, 1.82) is 0 Å². The quantitative estimate of drug-likeness (QED) is 0.223. The minimum absolute atomic E-state index is 0.0366. The van der Waals surface area contributed by atoms with Gasteiger partial charge in [-0.25, -0.2) is 0 Å². The van der Waals surface area contributed by atoms with Crippen LogP contribution in [-0.4, -0.2) is 59.4 Å². The Labute approximate surface area is 259 Å². The lowest BCUT2D eigenvalue weighted by Crippen LogP contribution is -2.33. The molecule has 0 spiro atoms. The maximum Gasteiger partial charge on any atom is 0.169 e. The molecule has 6 rings (SSSR count). The average Bonchev–Trinajstić information content (AvgIpc) is 3.02. The lowest BCUT2D eigenvalue weighted by atomic mass is 9.87. The molecule has 4 aromatic carbocycles. The fourth-order valence-electron chi connectivity index (χ4n) is 6.71. The topological polar surface area (TPSA) is 85.6 Å². The first-order valence-corrected chi connectivity index (χ1v) is 15.4. The van der Waals surface area contributed by atoms with Crippen molar-refractivity contribution in [1.82, 2.24) is 9.80 Å². The van der Waals surface area contributed by atoms with E-state index in [1.54, 1.807) is 13.2 Å². The van der Waals surface area contributed by atoms with E-state index in [2.05, 4.69) is 54.2 Å². The number of aryl methyl sites for hydroxylation is 1. The monoisotopic (exact) mass is 594 g/mol. The van der Waals surface area contributed by atoms with Crippen molar-refractivity contribution in [3.05, 3.63) is 111 Å². The summed E-state index contributed by atoms with van der Waals surface area (Å²) in [5, 5.41) is 30.8. The highest BCUT2D eigenvalue weighted by molar-refractivity contribution is 5.54. The number of likely N-dealkylation sites (N-methyl/N-ethyl adjacent to an activating group) is 2. The lowest BCUT2D eigenvalue weighted by molar-refractivity contribution is 0.228. The van der Waals surface area contributed by atoms with Gasteiger partial charge in [0.25, 0.3) is 0 Å². The molecule has 0 bridgehead atoms. The Kier molecular flexibility index (Phi) is 8.54. The molecular weight excluding hydrogens is 552 g/mol. The van der Waals surface area contributed by atoms with E-state index in [0.29, 0.717) is 29.4 Å². The SMILES string of the molecule is COc1cc2c(cc1Oc1cc(C[C@@H]3c4cc(O)c(C)cc4CCN3C)ccc1O)[C@@H](Cc1ccc(CO)cc1)N(C)CC2. The van der Waals surface area contributed by atoms with Crippen molar-refractivity contribution < 1.29 is 24.8 Å². The van der Waals surface area contributed by atoms with Crippen molar-refractivity contribution in [2.24, 2.45) is 0 Å². The maximum absolute atomic E-state index is 10.9. The van der Waals surface area contributed by atoms with Gasteiger partial charge in [-0.3, -0.25) is 9.80 Å². The number of rotatable bonds is 8. The predicted octanol–water partition coefficient (Wildman–Crippen LogP) is 6.24. The third kappa shape index (κ3) is 6.00. The van der Waals surface area contributed by atoms with E-state index in [-0.39, 0.29) is 24.4 Å². The molecule has 7 nitrogen and oxygen atoms in total. The standard InChI is InChI=1S/C37H42N2O5/c1-23-15-27-11-13-39(3)32(29(27)20-34(23)42)17-26-9-10-33(41)35(18-26)44-37-21-30-28(19-36(37)43-4)12-14-38(2)31(30)16-24-5-7-25(22-40)8-6-24/h5-10,15,18-21,31-32,40-42H,11-14,16-17,22H2,1-4H3/t31-,32-/m1/s1. The number of hydrogen-bond acceptors (Lipinski definition) is 7. The number of nitrogens with zero attached hydrogens (tertiary/aromatic N) is 2. The zero-order chi connectivity index (χ0) is 31.0. The maximum atomic E-state index is 10.9. The number of hydrogen-bond donors (Lipinski definition) is 3. The van der Waals surface area contributed by atoms with Crippen LogP contribution >= 0.6 is 0 Å². The van der Waals surface area contributed by atoms with Gasteiger partial charge in [0.05, 0.1) is 13.7 Å². The summed E-state index contributed by atoms with van der Waals surface area (Å²) in [5.74, 6) is 1.97. The van der Waals surface area contributed by atoms with Gasteiger partial charge in [0, 0.05) is 25.2 Å². The zero-order valence-corrected chi connectivity index (χ0v) is 26.0.